The molecule has 36 heteroatoms. The molecule has 0 atom stereocenters. The van der Waals surface area contributed by atoms with Crippen molar-refractivity contribution in [1.82, 2.24) is 19.9 Å². The Hall–Kier alpha value is -11.1. The van der Waals surface area contributed by atoms with Crippen molar-refractivity contribution in [3.8, 4) is 0 Å². The minimum absolute atomic E-state index is 0. The first kappa shape index (κ1) is 84.4. The van der Waals surface area contributed by atoms with Crippen LogP contribution in [0.5, 0.6) is 0 Å². The Balaban J connectivity index is 0.000000430. The molecule has 30 N–H and O–H groups in total. The molecule has 0 unspecified atom stereocenters. The number of guanidine groups is 12. The summed E-state index contributed by atoms with van der Waals surface area (Å²) in [6.07, 6.45) is 1.03. The maximum Gasteiger partial charge on any atom is 0.218 e. The smallest absolute Gasteiger partial charge is 0.218 e. The van der Waals surface area contributed by atoms with Crippen LogP contribution in [0.2, 0.25) is 0 Å². The second-order valence-electron chi connectivity index (χ2n) is 21.9. The number of anilines is 6. The minimum atomic E-state index is -0.00462. The topological polar surface area (TPSA) is 575 Å². The quantitative estimate of drug-likeness (QED) is 0.0234. The van der Waals surface area contributed by atoms with Gasteiger partial charge in [0.25, 0.3) is 0 Å². The van der Waals surface area contributed by atoms with Gasteiger partial charge in [-0.25, -0.2) is 15.0 Å². The fraction of sp³-hybridized carbons (Fsp3) is 0.239. The molecule has 1 aromatic heterocycles. The maximum absolute atomic E-state index is 6.01. The largest absolute Gasteiger partial charge is 0.369 e. The van der Waals surface area contributed by atoms with Crippen LogP contribution in [0.4, 0.5) is 34.1 Å². The minimum Gasteiger partial charge on any atom is -0.369 e. The molecule has 0 amide bonds. The van der Waals surface area contributed by atoms with Gasteiger partial charge >= 0.3 is 0 Å². The van der Waals surface area contributed by atoms with Gasteiger partial charge in [-0.3, -0.25) is 34.9 Å². The van der Waals surface area contributed by atoms with Crippen LogP contribution in [0.25, 0.3) is 0 Å². The van der Waals surface area contributed by atoms with Crippen LogP contribution in [0.15, 0.2) is 206 Å². The molecule has 34 nitrogen and oxygen atoms in total. The van der Waals surface area contributed by atoms with Gasteiger partial charge in [0, 0.05) is 147 Å². The number of nitrogens with zero attached hydrogens (tertiary/aromatic N) is 16. The molecule has 7 rings (SSSR count). The summed E-state index contributed by atoms with van der Waals surface area (Å²) in [5, 5.41) is 17.8. The summed E-state index contributed by atoms with van der Waals surface area (Å²) in [5.41, 5.74) is 81.0. The van der Waals surface area contributed by atoms with E-state index in [0.29, 0.717) is 76.0 Å². The molecule has 0 fully saturated rings. The first-order chi connectivity index (χ1) is 48.5. The van der Waals surface area contributed by atoms with E-state index in [0.717, 1.165) is 56.4 Å². The molecule has 7 aromatic rings. The fourth-order valence-corrected chi connectivity index (χ4v) is 8.42. The van der Waals surface area contributed by atoms with Crippen LogP contribution in [-0.2, 0) is 84.7 Å². The van der Waals surface area contributed by atoms with Gasteiger partial charge in [0.1, 0.15) is 17.5 Å². The van der Waals surface area contributed by atoms with Crippen molar-refractivity contribution in [2.45, 2.75) is 47.0 Å². The van der Waals surface area contributed by atoms with E-state index in [9.17, 15) is 0 Å². The number of nitrogens with two attached hydrogens (primary N) is 12. The number of benzene rings is 6. The number of aromatic nitrogens is 3. The molecule has 0 aliphatic carbocycles. The van der Waals surface area contributed by atoms with Gasteiger partial charge in [-0.2, -0.15) is 66.4 Å². The Bertz CT molecular complexity index is 3930. The average molecular weight is 1550 g/mol. The van der Waals surface area contributed by atoms with Gasteiger partial charge in [-0.1, -0.05) is 82.2 Å². The SMILES string of the molecule is Cc1ccc(NC(N)=NC(N)=NCCN(CCN=C(N)N=C(N)Nc2cc[c-]cc2)CCN=C(N)N=C(N)Nc2ccc(C)cc2)cc1.Cc1ccc(NC(N)=NC(N)=NCCc2nc(CCN=C(N)N=C(N)Nc3cc[c-]cc3)nc(CCN=C(N)N=C(N)Nc3ccc(C)cc3)n2)cc1.[Y].[Y]. The normalized spacial score (nSPS) is 13.1. The van der Waals surface area contributed by atoms with E-state index >= 15 is 0 Å². The molecule has 0 saturated heterocycles. The van der Waals surface area contributed by atoms with E-state index in [1.165, 1.54) is 0 Å². The first-order valence-corrected chi connectivity index (χ1v) is 31.7. The van der Waals surface area contributed by atoms with Gasteiger partial charge in [0.2, 0.25) is 59.6 Å². The van der Waals surface area contributed by atoms with Gasteiger partial charge in [-0.15, -0.1) is 24.3 Å². The zero-order valence-electron chi connectivity index (χ0n) is 58.1. The summed E-state index contributed by atoms with van der Waals surface area (Å²) in [6, 6.07) is 50.8. The second kappa shape index (κ2) is 46.4. The summed E-state index contributed by atoms with van der Waals surface area (Å²) < 4.78 is 0. The number of nitrogens with one attached hydrogen (secondary N) is 6. The number of aliphatic imine (C=N–C) groups is 12. The first-order valence-electron chi connectivity index (χ1n) is 31.7. The van der Waals surface area contributed by atoms with Crippen molar-refractivity contribution in [2.75, 3.05) is 90.8 Å². The molecule has 2 radical (unpaired) electrons. The molecule has 0 aliphatic rings. The van der Waals surface area contributed by atoms with Crippen LogP contribution in [0.3, 0.4) is 0 Å². The summed E-state index contributed by atoms with van der Waals surface area (Å²) >= 11 is 0. The van der Waals surface area contributed by atoms with Crippen molar-refractivity contribution >= 4 is 106 Å². The van der Waals surface area contributed by atoms with Crippen molar-refractivity contribution < 1.29 is 65.4 Å². The standard InChI is InChI=1S/C35H45N18.C32H45N16.2Y/c1-22-8-12-25(13-9-22)46-34(40)52-31(37)43-20-17-28-48-27(16-19-42-30(36)51-33(39)45-24-6-4-3-5-7-24)49-29(50-28)18-21-44-32(38)53-35(41)47-26-14-10-23(2)11-15-26;1-22-8-12-25(13-9-22)43-31(37)46-28(34)40-17-20-48(19-16-39-27(33)45-30(36)42-24-6-4-3-5-7-24)21-18-41-29(35)47-32(38)44-26-14-10-23(2)11-15-26;;/h4-15H,16-21H2,1-2H3,(H5,36,39,42,45,51)(H5,37,40,43,46,52)(H5,38,41,44,47,53);4-15H,16-21H2,1-2H3,(H5,33,36,39,42,45)(H5,34,37,40,43,46)(H5,35,38,41,44,47);;/q2*-1;;. The monoisotopic (exact) mass is 1550 g/mol. The zero-order valence-corrected chi connectivity index (χ0v) is 63.8. The molecule has 0 spiro atoms. The maximum atomic E-state index is 6.01. The predicted molar refractivity (Wildman–Crippen MR) is 413 cm³/mol. The molecule has 0 saturated carbocycles. The van der Waals surface area contributed by atoms with E-state index in [4.69, 9.17) is 68.8 Å². The van der Waals surface area contributed by atoms with E-state index in [1.54, 1.807) is 48.5 Å². The Labute approximate surface area is 649 Å². The van der Waals surface area contributed by atoms with E-state index in [-0.39, 0.29) is 157 Å². The van der Waals surface area contributed by atoms with E-state index in [1.807, 2.05) is 125 Å². The Morgan fingerprint density at radius 1 is 0.291 bits per heavy atom. The third-order valence-corrected chi connectivity index (χ3v) is 13.4. The molecular weight excluding hydrogens is 1460 g/mol. The molecule has 536 valence electrons. The Morgan fingerprint density at radius 3 is 0.680 bits per heavy atom. The van der Waals surface area contributed by atoms with E-state index < -0.39 is 0 Å². The molecule has 0 aliphatic heterocycles. The van der Waals surface area contributed by atoms with Crippen molar-refractivity contribution in [2.24, 2.45) is 129 Å². The summed E-state index contributed by atoms with van der Waals surface area (Å²) in [7, 11) is 0. The van der Waals surface area contributed by atoms with Gasteiger partial charge < -0.3 is 101 Å². The van der Waals surface area contributed by atoms with Crippen molar-refractivity contribution in [1.29, 1.82) is 0 Å². The van der Waals surface area contributed by atoms with Crippen LogP contribution in [0.1, 0.15) is 39.7 Å². The molecular formula is C67H90N34Y2-2. The number of hydrogen-bond donors (Lipinski definition) is 18. The van der Waals surface area contributed by atoms with Gasteiger partial charge in [0.05, 0.1) is 19.6 Å². The summed E-state index contributed by atoms with van der Waals surface area (Å²) in [5.74, 6) is 2.25. The van der Waals surface area contributed by atoms with Crippen LogP contribution < -0.4 is 101 Å². The Morgan fingerprint density at radius 2 is 0.476 bits per heavy atom. The molecule has 6 aromatic carbocycles. The number of hydrogen-bond acceptors (Lipinski definition) is 10. The fourth-order valence-electron chi connectivity index (χ4n) is 8.42. The third kappa shape index (κ3) is 36.2. The zero-order chi connectivity index (χ0) is 72.7. The second-order valence-corrected chi connectivity index (χ2v) is 21.9. The van der Waals surface area contributed by atoms with Crippen LogP contribution in [-0.4, -0.2) is 150 Å². The Kier molecular flexibility index (Phi) is 38.0. The van der Waals surface area contributed by atoms with Crippen molar-refractivity contribution in [3.63, 3.8) is 0 Å². The summed E-state index contributed by atoms with van der Waals surface area (Å²) in [4.78, 5) is 66.5. The van der Waals surface area contributed by atoms with Crippen LogP contribution in [0, 0.1) is 39.8 Å². The third-order valence-electron chi connectivity index (χ3n) is 13.4. The molecule has 1 heterocycles. The van der Waals surface area contributed by atoms with Crippen LogP contribution >= 0.6 is 0 Å². The van der Waals surface area contributed by atoms with E-state index in [2.05, 4.69) is 124 Å². The average Bonchev–Trinajstić information content (AvgIpc) is 0.878. The van der Waals surface area contributed by atoms with Gasteiger partial charge in [-0.05, 0) is 76.2 Å². The van der Waals surface area contributed by atoms with Crippen molar-refractivity contribution in [3.05, 3.63) is 197 Å². The number of aryl methyl sites for hydroxylation is 4. The molecule has 0 bridgehead atoms. The predicted octanol–water partition coefficient (Wildman–Crippen LogP) is 2.07. The molecule has 103 heavy (non-hydrogen) atoms. The van der Waals surface area contributed by atoms with Gasteiger partial charge in [0.15, 0.2) is 11.9 Å². The summed E-state index contributed by atoms with van der Waals surface area (Å²) in [6.45, 7) is 11.2. The number of rotatable bonds is 24.